The number of pyridine rings is 2. The van der Waals surface area contributed by atoms with Gasteiger partial charge in [0, 0.05) is 39.5 Å². The highest BCUT2D eigenvalue weighted by molar-refractivity contribution is 6.32. The lowest BCUT2D eigenvalue weighted by Gasteiger charge is -2.18. The van der Waals surface area contributed by atoms with E-state index in [1.807, 2.05) is 35.1 Å². The Morgan fingerprint density at radius 3 is 2.68 bits per heavy atom. The third-order valence-corrected chi connectivity index (χ3v) is 7.03. The maximum atomic E-state index is 13.4. The molecule has 1 aliphatic rings. The van der Waals surface area contributed by atoms with Crippen molar-refractivity contribution in [3.8, 4) is 27.9 Å². The van der Waals surface area contributed by atoms with Crippen molar-refractivity contribution in [1.29, 1.82) is 0 Å². The van der Waals surface area contributed by atoms with Crippen LogP contribution in [0, 0.1) is 11.1 Å². The van der Waals surface area contributed by atoms with E-state index in [1.54, 1.807) is 30.6 Å². The zero-order chi connectivity index (χ0) is 25.5. The minimum absolute atomic E-state index is 0.244. The largest absolute Gasteiger partial charge is 0.618 e. The van der Waals surface area contributed by atoms with E-state index in [0.717, 1.165) is 40.7 Å². The highest BCUT2D eigenvalue weighted by Gasteiger charge is 2.32. The number of tetrazole rings is 1. The molecule has 12 heteroatoms. The van der Waals surface area contributed by atoms with Gasteiger partial charge in [-0.25, -0.2) is 4.98 Å². The Labute approximate surface area is 221 Å². The fourth-order valence-electron chi connectivity index (χ4n) is 4.47. The number of hydrogen-bond donors (Lipinski definition) is 1. The summed E-state index contributed by atoms with van der Waals surface area (Å²) in [6.07, 6.45) is 9.78. The normalized spacial score (nSPS) is 14.1. The summed E-state index contributed by atoms with van der Waals surface area (Å²) >= 11 is 12.6. The number of halogens is 2. The van der Waals surface area contributed by atoms with Gasteiger partial charge in [0.15, 0.2) is 6.20 Å². The smallest absolute Gasteiger partial charge is 0.217 e. The Bertz CT molecular complexity index is 1580. The SMILES string of the molecule is Nc1ccc(-c2cnn(C(CC3CC3)c3ccc(-c4cc(Cl)ccc4-n4cnnn4)c[n+]3[O-])c2)c(Cl)n1. The second-order valence-electron chi connectivity index (χ2n) is 9.06. The van der Waals surface area contributed by atoms with E-state index < -0.39 is 0 Å². The van der Waals surface area contributed by atoms with Gasteiger partial charge in [0.1, 0.15) is 23.3 Å². The number of hydrogen-bond acceptors (Lipinski definition) is 7. The molecular weight excluding hydrogens is 513 g/mol. The molecule has 5 aromatic rings. The molecule has 1 fully saturated rings. The molecule has 0 amide bonds. The number of nitrogens with zero attached hydrogens (tertiary/aromatic N) is 8. The Morgan fingerprint density at radius 2 is 1.95 bits per heavy atom. The van der Waals surface area contributed by atoms with Crippen molar-refractivity contribution < 1.29 is 4.73 Å². The molecule has 0 saturated heterocycles. The first-order valence-electron chi connectivity index (χ1n) is 11.7. The lowest BCUT2D eigenvalue weighted by Crippen LogP contribution is -2.35. The van der Waals surface area contributed by atoms with Crippen LogP contribution in [0.1, 0.15) is 31.0 Å². The summed E-state index contributed by atoms with van der Waals surface area (Å²) in [7, 11) is 0. The quantitative estimate of drug-likeness (QED) is 0.185. The van der Waals surface area contributed by atoms with E-state index in [4.69, 9.17) is 28.9 Å². The second kappa shape index (κ2) is 9.45. The van der Waals surface area contributed by atoms with Crippen molar-refractivity contribution >= 4 is 29.0 Å². The number of nitrogen functional groups attached to an aromatic ring is 1. The van der Waals surface area contributed by atoms with Crippen LogP contribution in [-0.2, 0) is 0 Å². The fourth-order valence-corrected chi connectivity index (χ4v) is 4.91. The molecule has 37 heavy (non-hydrogen) atoms. The van der Waals surface area contributed by atoms with Gasteiger partial charge in [0.05, 0.1) is 11.9 Å². The Kier molecular flexibility index (Phi) is 5.97. The molecule has 2 N–H and O–H groups in total. The summed E-state index contributed by atoms with van der Waals surface area (Å²) in [6, 6.07) is 12.4. The zero-order valence-corrected chi connectivity index (χ0v) is 21.0. The monoisotopic (exact) mass is 533 g/mol. The summed E-state index contributed by atoms with van der Waals surface area (Å²) < 4.78 is 4.27. The Balaban J connectivity index is 1.38. The molecule has 4 aromatic heterocycles. The van der Waals surface area contributed by atoms with Crippen molar-refractivity contribution in [2.75, 3.05) is 5.73 Å². The topological polar surface area (TPSA) is 127 Å². The third kappa shape index (κ3) is 4.73. The summed E-state index contributed by atoms with van der Waals surface area (Å²) in [6.45, 7) is 0. The molecule has 4 heterocycles. The van der Waals surface area contributed by atoms with Crippen LogP contribution in [0.4, 0.5) is 5.82 Å². The standard InChI is InChI=1S/C25H21Cl2N9O/c26-18-4-7-21(35-14-29-32-33-35)20(10-18)16-3-6-22(36(37)13-16)23(9-15-1-2-15)34-12-17(11-30-34)19-5-8-24(28)31-25(19)27/h3-8,10-15,23H,1-2,9H2,(H2,28,31). The van der Waals surface area contributed by atoms with Crippen molar-refractivity contribution in [3.63, 3.8) is 0 Å². The predicted octanol–water partition coefficient (Wildman–Crippen LogP) is 4.50. The predicted molar refractivity (Wildman–Crippen MR) is 139 cm³/mol. The molecule has 186 valence electrons. The molecule has 1 aliphatic carbocycles. The number of anilines is 1. The van der Waals surface area contributed by atoms with Crippen LogP contribution >= 0.6 is 23.2 Å². The molecular formula is C25H21Cl2N9O. The van der Waals surface area contributed by atoms with E-state index in [2.05, 4.69) is 25.6 Å². The van der Waals surface area contributed by atoms with E-state index in [-0.39, 0.29) is 6.04 Å². The summed E-state index contributed by atoms with van der Waals surface area (Å²) in [5, 5.41) is 30.3. The molecule has 1 atom stereocenters. The minimum Gasteiger partial charge on any atom is -0.618 e. The average molecular weight is 534 g/mol. The second-order valence-corrected chi connectivity index (χ2v) is 9.86. The maximum absolute atomic E-state index is 13.4. The highest BCUT2D eigenvalue weighted by atomic mass is 35.5. The van der Waals surface area contributed by atoms with Crippen LogP contribution in [0.3, 0.4) is 0 Å². The van der Waals surface area contributed by atoms with Crippen LogP contribution in [0.2, 0.25) is 10.2 Å². The van der Waals surface area contributed by atoms with Crippen molar-refractivity contribution in [2.45, 2.75) is 25.3 Å². The maximum Gasteiger partial charge on any atom is 0.217 e. The molecule has 6 rings (SSSR count). The van der Waals surface area contributed by atoms with Crippen LogP contribution < -0.4 is 10.5 Å². The van der Waals surface area contributed by atoms with E-state index >= 15 is 0 Å². The van der Waals surface area contributed by atoms with Crippen LogP contribution in [0.5, 0.6) is 0 Å². The molecule has 1 unspecified atom stereocenters. The van der Waals surface area contributed by atoms with Crippen LogP contribution in [-0.4, -0.2) is 35.0 Å². The highest BCUT2D eigenvalue weighted by Crippen LogP contribution is 2.39. The summed E-state index contributed by atoms with van der Waals surface area (Å²) in [4.78, 5) is 4.13. The molecule has 1 aromatic carbocycles. The van der Waals surface area contributed by atoms with Crippen LogP contribution in [0.15, 0.2) is 67.4 Å². The minimum atomic E-state index is -0.244. The van der Waals surface area contributed by atoms with Crippen molar-refractivity contribution in [1.82, 2.24) is 35.0 Å². The fraction of sp³-hybridized carbons (Fsp3) is 0.200. The molecule has 10 nitrogen and oxygen atoms in total. The Morgan fingerprint density at radius 1 is 1.08 bits per heavy atom. The van der Waals surface area contributed by atoms with Gasteiger partial charge in [-0.1, -0.05) is 36.0 Å². The number of aromatic nitrogens is 8. The zero-order valence-electron chi connectivity index (χ0n) is 19.4. The third-order valence-electron chi connectivity index (χ3n) is 6.51. The molecule has 0 radical (unpaired) electrons. The average Bonchev–Trinajstić information content (AvgIpc) is 3.31. The first kappa shape index (κ1) is 23.4. The summed E-state index contributed by atoms with van der Waals surface area (Å²) in [5.74, 6) is 0.904. The number of benzene rings is 1. The lowest BCUT2D eigenvalue weighted by atomic mass is 10.0. The van der Waals surface area contributed by atoms with Gasteiger partial charge >= 0.3 is 0 Å². The van der Waals surface area contributed by atoms with E-state index in [1.165, 1.54) is 11.0 Å². The van der Waals surface area contributed by atoms with Gasteiger partial charge < -0.3 is 10.9 Å². The molecule has 0 spiro atoms. The Hall–Kier alpha value is -4.02. The van der Waals surface area contributed by atoms with E-state index in [0.29, 0.717) is 38.9 Å². The first-order valence-corrected chi connectivity index (χ1v) is 12.4. The van der Waals surface area contributed by atoms with Gasteiger partial charge in [-0.2, -0.15) is 14.5 Å². The number of nitrogens with two attached hydrogens (primary N) is 1. The van der Waals surface area contributed by atoms with Gasteiger partial charge in [-0.3, -0.25) is 4.68 Å². The first-order chi connectivity index (χ1) is 18.0. The van der Waals surface area contributed by atoms with Crippen molar-refractivity contribution in [3.05, 3.63) is 88.5 Å². The molecule has 1 saturated carbocycles. The van der Waals surface area contributed by atoms with E-state index in [9.17, 15) is 5.21 Å². The lowest BCUT2D eigenvalue weighted by molar-refractivity contribution is -0.615. The van der Waals surface area contributed by atoms with Gasteiger partial charge in [0.25, 0.3) is 0 Å². The number of rotatable bonds is 7. The van der Waals surface area contributed by atoms with Gasteiger partial charge in [-0.05, 0) is 59.2 Å². The molecule has 0 bridgehead atoms. The van der Waals surface area contributed by atoms with Gasteiger partial charge in [0.2, 0.25) is 5.69 Å². The van der Waals surface area contributed by atoms with Crippen LogP contribution in [0.25, 0.3) is 27.9 Å². The summed E-state index contributed by atoms with van der Waals surface area (Å²) in [5.41, 5.74) is 10.0. The van der Waals surface area contributed by atoms with Crippen molar-refractivity contribution in [2.24, 2.45) is 5.92 Å². The van der Waals surface area contributed by atoms with Gasteiger partial charge in [-0.15, -0.1) is 5.10 Å². The molecule has 0 aliphatic heterocycles.